The Balaban J connectivity index is 2.20. The van der Waals surface area contributed by atoms with E-state index in [2.05, 4.69) is 30.1 Å². The molecule has 8 heteroatoms. The van der Waals surface area contributed by atoms with Gasteiger partial charge in [0.15, 0.2) is 11.7 Å². The van der Waals surface area contributed by atoms with E-state index in [1.165, 1.54) is 37.2 Å². The molecule has 0 amide bonds. The SMILES string of the molecule is NC(=N/N=C(\N)c1cnccn1)c1cnccn1. The summed E-state index contributed by atoms with van der Waals surface area (Å²) in [5.41, 5.74) is 12.2. The first-order valence-electron chi connectivity index (χ1n) is 4.96. The highest BCUT2D eigenvalue weighted by molar-refractivity contribution is 5.98. The van der Waals surface area contributed by atoms with Crippen molar-refractivity contribution in [3.05, 3.63) is 48.6 Å². The van der Waals surface area contributed by atoms with Crippen LogP contribution in [0.25, 0.3) is 0 Å². The number of amidine groups is 2. The summed E-state index contributed by atoms with van der Waals surface area (Å²) in [4.78, 5) is 15.7. The van der Waals surface area contributed by atoms with Crippen LogP contribution in [0.15, 0.2) is 47.4 Å². The summed E-state index contributed by atoms with van der Waals surface area (Å²) in [6, 6.07) is 0. The van der Waals surface area contributed by atoms with Crippen molar-refractivity contribution >= 4 is 11.7 Å². The Labute approximate surface area is 103 Å². The topological polar surface area (TPSA) is 128 Å². The summed E-state index contributed by atoms with van der Waals surface area (Å²) in [6.45, 7) is 0. The molecule has 0 aliphatic rings. The normalized spacial score (nSPS) is 12.4. The summed E-state index contributed by atoms with van der Waals surface area (Å²) >= 11 is 0. The molecule has 0 unspecified atom stereocenters. The Morgan fingerprint density at radius 3 is 1.56 bits per heavy atom. The van der Waals surface area contributed by atoms with Gasteiger partial charge in [-0.05, 0) is 0 Å². The van der Waals surface area contributed by atoms with Crippen molar-refractivity contribution in [2.45, 2.75) is 0 Å². The van der Waals surface area contributed by atoms with E-state index < -0.39 is 0 Å². The molecule has 2 rings (SSSR count). The van der Waals surface area contributed by atoms with Crippen molar-refractivity contribution in [3.8, 4) is 0 Å². The van der Waals surface area contributed by atoms with Crippen molar-refractivity contribution in [3.63, 3.8) is 0 Å². The number of rotatable bonds is 3. The van der Waals surface area contributed by atoms with E-state index in [0.717, 1.165) is 0 Å². The average Bonchev–Trinajstić information content (AvgIpc) is 2.46. The van der Waals surface area contributed by atoms with Crippen LogP contribution in [0.1, 0.15) is 11.4 Å². The lowest BCUT2D eigenvalue weighted by molar-refractivity contribution is 1.12. The Bertz CT molecular complexity index is 509. The molecule has 0 saturated carbocycles. The number of aromatic nitrogens is 4. The van der Waals surface area contributed by atoms with Gasteiger partial charge in [0.05, 0.1) is 12.4 Å². The van der Waals surface area contributed by atoms with E-state index in [9.17, 15) is 0 Å². The smallest absolute Gasteiger partial charge is 0.173 e. The minimum Gasteiger partial charge on any atom is -0.380 e. The van der Waals surface area contributed by atoms with Gasteiger partial charge in [0.25, 0.3) is 0 Å². The van der Waals surface area contributed by atoms with Gasteiger partial charge in [-0.15, -0.1) is 10.2 Å². The first-order chi connectivity index (χ1) is 8.77. The number of hydrogen-bond donors (Lipinski definition) is 2. The van der Waals surface area contributed by atoms with Gasteiger partial charge >= 0.3 is 0 Å². The molecule has 2 aromatic rings. The fourth-order valence-electron chi connectivity index (χ4n) is 1.07. The zero-order valence-corrected chi connectivity index (χ0v) is 9.30. The summed E-state index contributed by atoms with van der Waals surface area (Å²) in [7, 11) is 0. The Morgan fingerprint density at radius 1 is 0.778 bits per heavy atom. The molecule has 0 aromatic carbocycles. The second kappa shape index (κ2) is 5.43. The predicted octanol–water partition coefficient (Wildman–Crippen LogP) is -0.708. The molecular formula is C10H10N8. The first kappa shape index (κ1) is 11.6. The maximum absolute atomic E-state index is 5.67. The molecule has 0 radical (unpaired) electrons. The summed E-state index contributed by atoms with van der Waals surface area (Å²) in [5.74, 6) is 0.241. The average molecular weight is 242 g/mol. The van der Waals surface area contributed by atoms with Crippen LogP contribution in [0.4, 0.5) is 0 Å². The molecule has 90 valence electrons. The minimum absolute atomic E-state index is 0.120. The third kappa shape index (κ3) is 2.82. The van der Waals surface area contributed by atoms with Crippen LogP contribution >= 0.6 is 0 Å². The van der Waals surface area contributed by atoms with Gasteiger partial charge in [0, 0.05) is 24.8 Å². The van der Waals surface area contributed by atoms with Crippen LogP contribution < -0.4 is 11.5 Å². The highest BCUT2D eigenvalue weighted by Gasteiger charge is 2.01. The zero-order valence-electron chi connectivity index (χ0n) is 9.30. The lowest BCUT2D eigenvalue weighted by Gasteiger charge is -1.97. The van der Waals surface area contributed by atoms with Gasteiger partial charge in [-0.3, -0.25) is 9.97 Å². The zero-order chi connectivity index (χ0) is 12.8. The van der Waals surface area contributed by atoms with E-state index in [1.54, 1.807) is 0 Å². The van der Waals surface area contributed by atoms with Crippen LogP contribution in [-0.2, 0) is 0 Å². The third-order valence-electron chi connectivity index (χ3n) is 1.92. The maximum atomic E-state index is 5.67. The molecule has 2 heterocycles. The van der Waals surface area contributed by atoms with E-state index in [4.69, 9.17) is 11.5 Å². The van der Waals surface area contributed by atoms with Crippen molar-refractivity contribution in [1.29, 1.82) is 0 Å². The second-order valence-corrected chi connectivity index (χ2v) is 3.15. The molecule has 0 fully saturated rings. The monoisotopic (exact) mass is 242 g/mol. The molecular weight excluding hydrogens is 232 g/mol. The molecule has 18 heavy (non-hydrogen) atoms. The van der Waals surface area contributed by atoms with Gasteiger partial charge in [-0.2, -0.15) is 0 Å². The number of hydrogen-bond acceptors (Lipinski definition) is 6. The highest BCUT2D eigenvalue weighted by atomic mass is 15.3. The van der Waals surface area contributed by atoms with E-state index in [0.29, 0.717) is 11.4 Å². The van der Waals surface area contributed by atoms with Gasteiger partial charge < -0.3 is 11.5 Å². The van der Waals surface area contributed by atoms with Crippen LogP contribution in [0.2, 0.25) is 0 Å². The first-order valence-corrected chi connectivity index (χ1v) is 4.96. The molecule has 8 nitrogen and oxygen atoms in total. The van der Waals surface area contributed by atoms with Crippen LogP contribution in [-0.4, -0.2) is 31.6 Å². The molecule has 4 N–H and O–H groups in total. The second-order valence-electron chi connectivity index (χ2n) is 3.15. The standard InChI is InChI=1S/C10H10N8/c11-9(7-5-13-1-3-15-7)17-18-10(12)8-6-14-2-4-16-8/h1-6H,(H2,11,17)(H2,12,18). The third-order valence-corrected chi connectivity index (χ3v) is 1.92. The summed E-state index contributed by atoms with van der Waals surface area (Å²) < 4.78 is 0. The molecule has 0 atom stereocenters. The predicted molar refractivity (Wildman–Crippen MR) is 65.5 cm³/mol. The minimum atomic E-state index is 0.120. The molecule has 0 aliphatic carbocycles. The van der Waals surface area contributed by atoms with Crippen molar-refractivity contribution in [2.24, 2.45) is 21.7 Å². The Kier molecular flexibility index (Phi) is 3.50. The summed E-state index contributed by atoms with van der Waals surface area (Å²) in [5, 5.41) is 7.52. The van der Waals surface area contributed by atoms with Crippen molar-refractivity contribution in [1.82, 2.24) is 19.9 Å². The number of nitrogens with two attached hydrogens (primary N) is 2. The fourth-order valence-corrected chi connectivity index (χ4v) is 1.07. The van der Waals surface area contributed by atoms with E-state index in [-0.39, 0.29) is 11.7 Å². The van der Waals surface area contributed by atoms with Gasteiger partial charge in [0.1, 0.15) is 11.4 Å². The number of nitrogens with zero attached hydrogens (tertiary/aromatic N) is 6. The quantitative estimate of drug-likeness (QED) is 0.415. The maximum Gasteiger partial charge on any atom is 0.173 e. The van der Waals surface area contributed by atoms with E-state index >= 15 is 0 Å². The van der Waals surface area contributed by atoms with Crippen molar-refractivity contribution in [2.75, 3.05) is 0 Å². The van der Waals surface area contributed by atoms with Gasteiger partial charge in [0.2, 0.25) is 0 Å². The van der Waals surface area contributed by atoms with Crippen LogP contribution in [0.3, 0.4) is 0 Å². The largest absolute Gasteiger partial charge is 0.380 e. The molecule has 0 saturated heterocycles. The molecule has 0 spiro atoms. The highest BCUT2D eigenvalue weighted by Crippen LogP contribution is 1.93. The van der Waals surface area contributed by atoms with E-state index in [1.807, 2.05) is 0 Å². The molecule has 0 bridgehead atoms. The Morgan fingerprint density at radius 2 is 1.22 bits per heavy atom. The fraction of sp³-hybridized carbons (Fsp3) is 0. The summed E-state index contributed by atoms with van der Waals surface area (Å²) in [6.07, 6.45) is 9.04. The van der Waals surface area contributed by atoms with Crippen LogP contribution in [0, 0.1) is 0 Å². The molecule has 0 aliphatic heterocycles. The Hall–Kier alpha value is -2.90. The van der Waals surface area contributed by atoms with Crippen LogP contribution in [0.5, 0.6) is 0 Å². The van der Waals surface area contributed by atoms with Gasteiger partial charge in [-0.1, -0.05) is 0 Å². The lowest BCUT2D eigenvalue weighted by atomic mass is 10.4. The molecule has 2 aromatic heterocycles. The lowest BCUT2D eigenvalue weighted by Crippen LogP contribution is -2.18. The van der Waals surface area contributed by atoms with Gasteiger partial charge in [-0.25, -0.2) is 9.97 Å². The van der Waals surface area contributed by atoms with Crippen molar-refractivity contribution < 1.29 is 0 Å².